The van der Waals surface area contributed by atoms with E-state index >= 15 is 0 Å². The molecule has 0 saturated carbocycles. The van der Waals surface area contributed by atoms with Gasteiger partial charge in [-0.25, -0.2) is 0 Å². The van der Waals surface area contributed by atoms with Crippen LogP contribution in [0.2, 0.25) is 0 Å². The van der Waals surface area contributed by atoms with Crippen LogP contribution in [-0.2, 0) is 16.0 Å². The van der Waals surface area contributed by atoms with E-state index in [1.807, 2.05) is 29.2 Å². The van der Waals surface area contributed by atoms with Crippen molar-refractivity contribution in [2.45, 2.75) is 43.8 Å². The predicted molar refractivity (Wildman–Crippen MR) is 77.0 cm³/mol. The van der Waals surface area contributed by atoms with E-state index in [2.05, 4.69) is 5.32 Å². The number of hydrogen-bond acceptors (Lipinski definition) is 3. The number of para-hydroxylation sites is 1. The van der Waals surface area contributed by atoms with E-state index in [1.165, 1.54) is 0 Å². The first-order valence-corrected chi connectivity index (χ1v) is 7.54. The summed E-state index contributed by atoms with van der Waals surface area (Å²) in [5.41, 5.74) is 2.19. The van der Waals surface area contributed by atoms with E-state index in [0.717, 1.165) is 24.1 Å². The van der Waals surface area contributed by atoms with E-state index in [4.69, 9.17) is 0 Å². The molecule has 3 heterocycles. The van der Waals surface area contributed by atoms with Crippen LogP contribution >= 0.6 is 0 Å². The summed E-state index contributed by atoms with van der Waals surface area (Å²) in [6, 6.07) is 7.74. The molecule has 2 bridgehead atoms. The second kappa shape index (κ2) is 4.48. The number of anilines is 1. The molecule has 3 aliphatic rings. The fraction of sp³-hybridized carbons (Fsp3) is 0.500. The molecule has 0 aromatic heterocycles. The minimum Gasteiger partial charge on any atom is -0.481 e. The second-order valence-corrected chi connectivity index (χ2v) is 6.28. The molecule has 1 amide bonds. The van der Waals surface area contributed by atoms with Gasteiger partial charge in [-0.05, 0) is 30.9 Å². The monoisotopic (exact) mass is 286 g/mol. The van der Waals surface area contributed by atoms with Gasteiger partial charge >= 0.3 is 5.97 Å². The van der Waals surface area contributed by atoms with Crippen LogP contribution in [-0.4, -0.2) is 40.0 Å². The molecular formula is C16H18N2O3. The van der Waals surface area contributed by atoms with Crippen LogP contribution in [0.1, 0.15) is 24.8 Å². The van der Waals surface area contributed by atoms with Crippen LogP contribution in [0, 0.1) is 5.92 Å². The molecule has 3 aliphatic heterocycles. The SMILES string of the molecule is O=C(O)C1CC2CCC1N2C(=O)C1Cc2ccccc2N1. The highest BCUT2D eigenvalue weighted by Gasteiger charge is 2.52. The maximum absolute atomic E-state index is 12.8. The lowest BCUT2D eigenvalue weighted by molar-refractivity contribution is -0.143. The highest BCUT2D eigenvalue weighted by atomic mass is 16.4. The molecule has 5 nitrogen and oxygen atoms in total. The predicted octanol–water partition coefficient (Wildman–Crippen LogP) is 1.49. The lowest BCUT2D eigenvalue weighted by atomic mass is 9.89. The number of aliphatic carboxylic acids is 1. The van der Waals surface area contributed by atoms with Crippen molar-refractivity contribution in [2.75, 3.05) is 5.32 Å². The lowest BCUT2D eigenvalue weighted by Gasteiger charge is -2.26. The Morgan fingerprint density at radius 2 is 2.05 bits per heavy atom. The van der Waals surface area contributed by atoms with E-state index < -0.39 is 5.97 Å². The summed E-state index contributed by atoms with van der Waals surface area (Å²) in [4.78, 5) is 26.0. The Bertz CT molecular complexity index is 590. The highest BCUT2D eigenvalue weighted by molar-refractivity contribution is 5.89. The quantitative estimate of drug-likeness (QED) is 0.864. The molecule has 5 heteroatoms. The van der Waals surface area contributed by atoms with Crippen LogP contribution in [0.15, 0.2) is 24.3 Å². The number of carboxylic acid groups (broad SMARTS) is 1. The molecule has 0 spiro atoms. The molecule has 21 heavy (non-hydrogen) atoms. The van der Waals surface area contributed by atoms with Crippen LogP contribution in [0.5, 0.6) is 0 Å². The maximum atomic E-state index is 12.8. The van der Waals surface area contributed by atoms with Crippen molar-refractivity contribution < 1.29 is 14.7 Å². The zero-order valence-corrected chi connectivity index (χ0v) is 11.7. The Balaban J connectivity index is 1.54. The number of amides is 1. The number of nitrogens with zero attached hydrogens (tertiary/aromatic N) is 1. The molecule has 1 aromatic rings. The molecule has 0 aliphatic carbocycles. The van der Waals surface area contributed by atoms with Gasteiger partial charge < -0.3 is 15.3 Å². The van der Waals surface area contributed by atoms with Crippen molar-refractivity contribution in [1.82, 2.24) is 4.90 Å². The molecule has 4 unspecified atom stereocenters. The van der Waals surface area contributed by atoms with Gasteiger partial charge in [0, 0.05) is 24.2 Å². The minimum absolute atomic E-state index is 0.0717. The van der Waals surface area contributed by atoms with Gasteiger partial charge in [0.1, 0.15) is 6.04 Å². The average Bonchev–Trinajstić information content (AvgIpc) is 3.18. The van der Waals surface area contributed by atoms with Gasteiger partial charge in [-0.3, -0.25) is 9.59 Å². The van der Waals surface area contributed by atoms with Gasteiger partial charge in [-0.15, -0.1) is 0 Å². The molecule has 2 fully saturated rings. The summed E-state index contributed by atoms with van der Waals surface area (Å²) >= 11 is 0. The van der Waals surface area contributed by atoms with Crippen molar-refractivity contribution in [2.24, 2.45) is 5.92 Å². The van der Waals surface area contributed by atoms with Crippen molar-refractivity contribution in [3.05, 3.63) is 29.8 Å². The number of carbonyl (C=O) groups excluding carboxylic acids is 1. The number of fused-ring (bicyclic) bond motifs is 3. The van der Waals surface area contributed by atoms with Crippen molar-refractivity contribution in [1.29, 1.82) is 0 Å². The Hall–Kier alpha value is -2.04. The number of nitrogens with one attached hydrogen (secondary N) is 1. The molecule has 110 valence electrons. The molecule has 1 aromatic carbocycles. The summed E-state index contributed by atoms with van der Waals surface area (Å²) in [7, 11) is 0. The van der Waals surface area contributed by atoms with Gasteiger partial charge in [-0.2, -0.15) is 0 Å². The Labute approximate surface area is 122 Å². The number of carboxylic acids is 1. The first-order chi connectivity index (χ1) is 10.1. The third-order valence-corrected chi connectivity index (χ3v) is 5.18. The Kier molecular flexibility index (Phi) is 2.71. The summed E-state index contributed by atoms with van der Waals surface area (Å²) in [5.74, 6) is -1.07. The van der Waals surface area contributed by atoms with Crippen LogP contribution in [0.25, 0.3) is 0 Å². The van der Waals surface area contributed by atoms with Crippen molar-refractivity contribution in [3.8, 4) is 0 Å². The van der Waals surface area contributed by atoms with Gasteiger partial charge in [0.15, 0.2) is 0 Å². The first kappa shape index (κ1) is 12.7. The minimum atomic E-state index is -0.761. The van der Waals surface area contributed by atoms with Gasteiger partial charge in [-0.1, -0.05) is 18.2 Å². The molecule has 2 saturated heterocycles. The fourth-order valence-electron chi connectivity index (χ4n) is 4.22. The van der Waals surface area contributed by atoms with Gasteiger partial charge in [0.25, 0.3) is 0 Å². The smallest absolute Gasteiger partial charge is 0.308 e. The first-order valence-electron chi connectivity index (χ1n) is 7.54. The van der Waals surface area contributed by atoms with E-state index in [1.54, 1.807) is 0 Å². The fourth-order valence-corrected chi connectivity index (χ4v) is 4.22. The topological polar surface area (TPSA) is 69.6 Å². The van der Waals surface area contributed by atoms with Crippen LogP contribution in [0.4, 0.5) is 5.69 Å². The Morgan fingerprint density at radius 1 is 1.24 bits per heavy atom. The number of hydrogen-bond donors (Lipinski definition) is 2. The normalized spacial score (nSPS) is 32.9. The maximum Gasteiger partial charge on any atom is 0.308 e. The van der Waals surface area contributed by atoms with Crippen LogP contribution in [0.3, 0.4) is 0 Å². The summed E-state index contributed by atoms with van der Waals surface area (Å²) < 4.78 is 0. The zero-order chi connectivity index (χ0) is 14.6. The number of benzene rings is 1. The standard InChI is InChI=1S/C16H18N2O3/c19-15(13-7-9-3-1-2-4-12(9)17-13)18-10-5-6-14(18)11(8-10)16(20)21/h1-4,10-11,13-14,17H,5-8H2,(H,20,21). The highest BCUT2D eigenvalue weighted by Crippen LogP contribution is 2.43. The summed E-state index contributed by atoms with van der Waals surface area (Å²) in [6.07, 6.45) is 3.08. The summed E-state index contributed by atoms with van der Waals surface area (Å²) in [6.45, 7) is 0. The zero-order valence-electron chi connectivity index (χ0n) is 11.7. The summed E-state index contributed by atoms with van der Waals surface area (Å²) in [5, 5.41) is 12.6. The lowest BCUT2D eigenvalue weighted by Crippen LogP contribution is -2.45. The van der Waals surface area contributed by atoms with Crippen molar-refractivity contribution in [3.63, 3.8) is 0 Å². The average molecular weight is 286 g/mol. The third-order valence-electron chi connectivity index (χ3n) is 5.18. The molecular weight excluding hydrogens is 268 g/mol. The molecule has 4 atom stereocenters. The number of rotatable bonds is 2. The molecule has 2 N–H and O–H groups in total. The number of carbonyl (C=O) groups is 2. The van der Waals surface area contributed by atoms with Gasteiger partial charge in [0.05, 0.1) is 5.92 Å². The van der Waals surface area contributed by atoms with E-state index in [9.17, 15) is 14.7 Å². The largest absolute Gasteiger partial charge is 0.481 e. The van der Waals surface area contributed by atoms with E-state index in [0.29, 0.717) is 12.8 Å². The van der Waals surface area contributed by atoms with Crippen molar-refractivity contribution >= 4 is 17.6 Å². The molecule has 4 rings (SSSR count). The second-order valence-electron chi connectivity index (χ2n) is 6.28. The van der Waals surface area contributed by atoms with Gasteiger partial charge in [0.2, 0.25) is 5.91 Å². The third kappa shape index (κ3) is 1.83. The Morgan fingerprint density at radius 3 is 2.76 bits per heavy atom. The molecule has 0 radical (unpaired) electrons. The van der Waals surface area contributed by atoms with Crippen LogP contribution < -0.4 is 5.32 Å². The van der Waals surface area contributed by atoms with E-state index in [-0.39, 0.29) is 30.0 Å².